The Labute approximate surface area is 121 Å². The molecular formula is C17H36N2. The molecule has 0 aliphatic heterocycles. The first-order valence-electron chi connectivity index (χ1n) is 8.46. The van der Waals surface area contributed by atoms with Crippen molar-refractivity contribution in [2.24, 2.45) is 23.5 Å². The van der Waals surface area contributed by atoms with Gasteiger partial charge < -0.3 is 5.73 Å². The Morgan fingerprint density at radius 3 is 2.00 bits per heavy atom. The molecular weight excluding hydrogens is 232 g/mol. The van der Waals surface area contributed by atoms with E-state index in [1.54, 1.807) is 0 Å². The van der Waals surface area contributed by atoms with Gasteiger partial charge >= 0.3 is 0 Å². The Kier molecular flexibility index (Phi) is 6.82. The lowest BCUT2D eigenvalue weighted by Gasteiger charge is -2.50. The molecule has 19 heavy (non-hydrogen) atoms. The van der Waals surface area contributed by atoms with Crippen molar-refractivity contribution in [1.29, 1.82) is 0 Å². The zero-order chi connectivity index (χ0) is 14.5. The van der Waals surface area contributed by atoms with Crippen molar-refractivity contribution in [2.45, 2.75) is 72.3 Å². The average molecular weight is 268 g/mol. The van der Waals surface area contributed by atoms with E-state index in [1.165, 1.54) is 38.6 Å². The highest BCUT2D eigenvalue weighted by Crippen LogP contribution is 2.39. The second-order valence-corrected chi connectivity index (χ2v) is 7.00. The number of likely N-dealkylation sites (N-methyl/N-ethyl adjacent to an activating group) is 1. The summed E-state index contributed by atoms with van der Waals surface area (Å²) in [7, 11) is 0. The lowest BCUT2D eigenvalue weighted by Crippen LogP contribution is -2.58. The van der Waals surface area contributed by atoms with Gasteiger partial charge in [0.05, 0.1) is 0 Å². The summed E-state index contributed by atoms with van der Waals surface area (Å²) in [6, 6.07) is 0. The number of nitrogens with two attached hydrogens (primary N) is 1. The largest absolute Gasteiger partial charge is 0.329 e. The fourth-order valence-corrected chi connectivity index (χ4v) is 4.30. The van der Waals surface area contributed by atoms with Gasteiger partial charge in [0.15, 0.2) is 0 Å². The van der Waals surface area contributed by atoms with Gasteiger partial charge in [-0.05, 0) is 43.6 Å². The van der Waals surface area contributed by atoms with Crippen molar-refractivity contribution in [1.82, 2.24) is 4.90 Å². The average Bonchev–Trinajstić information content (AvgIpc) is 2.39. The maximum Gasteiger partial charge on any atom is 0.0336 e. The molecule has 0 aromatic carbocycles. The van der Waals surface area contributed by atoms with Crippen LogP contribution in [0.5, 0.6) is 0 Å². The number of nitrogens with zero attached hydrogens (tertiary/aromatic N) is 1. The number of rotatable bonds is 7. The molecule has 1 aliphatic carbocycles. The molecule has 114 valence electrons. The van der Waals surface area contributed by atoms with Gasteiger partial charge in [-0.1, -0.05) is 47.5 Å². The van der Waals surface area contributed by atoms with Gasteiger partial charge in [0.25, 0.3) is 0 Å². The minimum atomic E-state index is 0.272. The summed E-state index contributed by atoms with van der Waals surface area (Å²) in [6.45, 7) is 15.0. The van der Waals surface area contributed by atoms with Gasteiger partial charge in [-0.15, -0.1) is 0 Å². The van der Waals surface area contributed by atoms with Gasteiger partial charge in [-0.25, -0.2) is 0 Å². The third kappa shape index (κ3) is 4.19. The van der Waals surface area contributed by atoms with Crippen molar-refractivity contribution < 1.29 is 0 Å². The summed E-state index contributed by atoms with van der Waals surface area (Å²) < 4.78 is 0. The monoisotopic (exact) mass is 268 g/mol. The highest BCUT2D eigenvalue weighted by Gasteiger charge is 2.41. The van der Waals surface area contributed by atoms with Crippen molar-refractivity contribution in [3.63, 3.8) is 0 Å². The first kappa shape index (κ1) is 17.0. The van der Waals surface area contributed by atoms with E-state index in [-0.39, 0.29) is 5.54 Å². The van der Waals surface area contributed by atoms with E-state index in [0.717, 1.165) is 30.8 Å². The van der Waals surface area contributed by atoms with Gasteiger partial charge in [0.2, 0.25) is 0 Å². The fraction of sp³-hybridized carbons (Fsp3) is 1.00. The summed E-state index contributed by atoms with van der Waals surface area (Å²) in [6.07, 6.45) is 6.55. The standard InChI is InChI=1S/C17H36N2/c1-6-16(7-2)12-19(8-3)17(13-18)10-14(4)9-15(5)11-17/h14-16H,6-13,18H2,1-5H3. The summed E-state index contributed by atoms with van der Waals surface area (Å²) in [5.41, 5.74) is 6.53. The van der Waals surface area contributed by atoms with Crippen LogP contribution in [0.1, 0.15) is 66.7 Å². The van der Waals surface area contributed by atoms with Crippen LogP contribution in [0, 0.1) is 17.8 Å². The van der Waals surface area contributed by atoms with E-state index in [0.29, 0.717) is 0 Å². The summed E-state index contributed by atoms with van der Waals surface area (Å²) in [5.74, 6) is 2.47. The molecule has 1 saturated carbocycles. The normalized spacial score (nSPS) is 32.2. The van der Waals surface area contributed by atoms with Crippen LogP contribution in [-0.4, -0.2) is 30.1 Å². The van der Waals surface area contributed by atoms with Crippen molar-refractivity contribution in [2.75, 3.05) is 19.6 Å². The Morgan fingerprint density at radius 2 is 1.63 bits per heavy atom. The second kappa shape index (κ2) is 7.64. The molecule has 0 amide bonds. The quantitative estimate of drug-likeness (QED) is 0.759. The van der Waals surface area contributed by atoms with Crippen LogP contribution in [0.4, 0.5) is 0 Å². The minimum absolute atomic E-state index is 0.272. The zero-order valence-electron chi connectivity index (χ0n) is 13.9. The molecule has 2 heteroatoms. The number of hydrogen-bond acceptors (Lipinski definition) is 2. The molecule has 2 atom stereocenters. The molecule has 0 radical (unpaired) electrons. The minimum Gasteiger partial charge on any atom is -0.329 e. The predicted octanol–water partition coefficient (Wildman–Crippen LogP) is 3.90. The number of hydrogen-bond donors (Lipinski definition) is 1. The van der Waals surface area contributed by atoms with E-state index in [1.807, 2.05) is 0 Å². The summed E-state index contributed by atoms with van der Waals surface area (Å²) in [4.78, 5) is 2.72. The van der Waals surface area contributed by atoms with Crippen LogP contribution in [0.3, 0.4) is 0 Å². The van der Waals surface area contributed by atoms with Crippen LogP contribution in [0.15, 0.2) is 0 Å². The smallest absolute Gasteiger partial charge is 0.0336 e. The van der Waals surface area contributed by atoms with Crippen LogP contribution in [0.2, 0.25) is 0 Å². The molecule has 0 aromatic heterocycles. The maximum absolute atomic E-state index is 6.26. The van der Waals surface area contributed by atoms with E-state index in [4.69, 9.17) is 5.73 Å². The SMILES string of the molecule is CCC(CC)CN(CC)C1(CN)CC(C)CC(C)C1. The molecule has 2 N–H and O–H groups in total. The fourth-order valence-electron chi connectivity index (χ4n) is 4.30. The highest BCUT2D eigenvalue weighted by molar-refractivity contribution is 4.97. The predicted molar refractivity (Wildman–Crippen MR) is 85.3 cm³/mol. The lowest BCUT2D eigenvalue weighted by molar-refractivity contribution is 0.0115. The molecule has 0 aromatic rings. The van der Waals surface area contributed by atoms with Crippen LogP contribution >= 0.6 is 0 Å². The molecule has 0 spiro atoms. The molecule has 2 nitrogen and oxygen atoms in total. The Hall–Kier alpha value is -0.0800. The first-order chi connectivity index (χ1) is 9.01. The van der Waals surface area contributed by atoms with Crippen molar-refractivity contribution in [3.05, 3.63) is 0 Å². The van der Waals surface area contributed by atoms with Gasteiger partial charge in [-0.3, -0.25) is 4.90 Å². The zero-order valence-corrected chi connectivity index (χ0v) is 13.9. The summed E-state index contributed by atoms with van der Waals surface area (Å²) in [5, 5.41) is 0. The van der Waals surface area contributed by atoms with E-state index in [2.05, 4.69) is 39.5 Å². The maximum atomic E-state index is 6.26. The molecule has 1 fully saturated rings. The van der Waals surface area contributed by atoms with Gasteiger partial charge in [0.1, 0.15) is 0 Å². The van der Waals surface area contributed by atoms with Crippen LogP contribution in [0.25, 0.3) is 0 Å². The molecule has 0 bridgehead atoms. The Morgan fingerprint density at radius 1 is 1.11 bits per heavy atom. The third-order valence-electron chi connectivity index (χ3n) is 5.33. The first-order valence-corrected chi connectivity index (χ1v) is 8.46. The third-order valence-corrected chi connectivity index (χ3v) is 5.33. The topological polar surface area (TPSA) is 29.3 Å². The molecule has 1 aliphatic rings. The second-order valence-electron chi connectivity index (χ2n) is 7.00. The highest BCUT2D eigenvalue weighted by atomic mass is 15.2. The molecule has 2 unspecified atom stereocenters. The lowest BCUT2D eigenvalue weighted by atomic mass is 9.70. The van der Waals surface area contributed by atoms with E-state index < -0.39 is 0 Å². The van der Waals surface area contributed by atoms with Crippen LogP contribution in [-0.2, 0) is 0 Å². The Bertz CT molecular complexity index is 238. The van der Waals surface area contributed by atoms with E-state index >= 15 is 0 Å². The van der Waals surface area contributed by atoms with Gasteiger partial charge in [-0.2, -0.15) is 0 Å². The molecule has 0 saturated heterocycles. The van der Waals surface area contributed by atoms with Crippen molar-refractivity contribution >= 4 is 0 Å². The van der Waals surface area contributed by atoms with Gasteiger partial charge in [0, 0.05) is 18.6 Å². The molecule has 1 rings (SSSR count). The van der Waals surface area contributed by atoms with E-state index in [9.17, 15) is 0 Å². The van der Waals surface area contributed by atoms with Crippen LogP contribution < -0.4 is 5.73 Å². The molecule has 0 heterocycles. The summed E-state index contributed by atoms with van der Waals surface area (Å²) >= 11 is 0. The van der Waals surface area contributed by atoms with Crippen molar-refractivity contribution in [3.8, 4) is 0 Å². The Balaban J connectivity index is 2.83.